The molecule has 1 fully saturated rings. The Kier molecular flexibility index (Phi) is 7.34. The Bertz CT molecular complexity index is 898. The van der Waals surface area contributed by atoms with E-state index >= 15 is 0 Å². The molecule has 0 aliphatic carbocycles. The monoisotopic (exact) mass is 434 g/mol. The van der Waals surface area contributed by atoms with E-state index in [0.717, 1.165) is 38.2 Å². The third-order valence-corrected chi connectivity index (χ3v) is 6.24. The summed E-state index contributed by atoms with van der Waals surface area (Å²) in [4.78, 5) is 10.3. The van der Waals surface area contributed by atoms with Crippen molar-refractivity contribution in [1.29, 1.82) is 0 Å². The highest BCUT2D eigenvalue weighted by Gasteiger charge is 2.19. The Balaban J connectivity index is 1.52. The highest BCUT2D eigenvalue weighted by molar-refractivity contribution is 7.92. The van der Waals surface area contributed by atoms with E-state index in [4.69, 9.17) is 12.2 Å². The largest absolute Gasteiger partial charge is 0.360 e. The minimum atomic E-state index is -3.75. The molecule has 0 radical (unpaired) electrons. The van der Waals surface area contributed by atoms with Crippen LogP contribution in [0.25, 0.3) is 0 Å². The highest BCUT2D eigenvalue weighted by atomic mass is 32.2. The summed E-state index contributed by atoms with van der Waals surface area (Å²) in [7, 11) is -3.75. The Labute approximate surface area is 177 Å². The number of nitrogens with one attached hydrogen (secondary N) is 3. The van der Waals surface area contributed by atoms with Gasteiger partial charge in [-0.1, -0.05) is 6.92 Å². The second kappa shape index (κ2) is 9.95. The average Bonchev–Trinajstić information content (AvgIpc) is 2.70. The molecule has 1 aromatic carbocycles. The lowest BCUT2D eigenvalue weighted by molar-refractivity contribution is 0.207. The van der Waals surface area contributed by atoms with Gasteiger partial charge in [0.2, 0.25) is 5.95 Å². The van der Waals surface area contributed by atoms with Crippen molar-refractivity contribution in [2.75, 3.05) is 29.7 Å². The summed E-state index contributed by atoms with van der Waals surface area (Å²) in [5.74, 6) is 0.0325. The quantitative estimate of drug-likeness (QED) is 0.572. The predicted molar refractivity (Wildman–Crippen MR) is 118 cm³/mol. The number of aromatic nitrogens is 2. The number of hydrogen-bond donors (Lipinski definition) is 3. The Morgan fingerprint density at radius 3 is 2.45 bits per heavy atom. The zero-order valence-corrected chi connectivity index (χ0v) is 18.0. The lowest BCUT2D eigenvalue weighted by Crippen LogP contribution is -2.45. The number of anilines is 2. The standard InChI is InChI=1S/C19H26N6O2S2/c1-2-12-25-13-8-16(9-14-25)23-19(28)22-15-4-6-17(7-5-15)29(26,27)24-18-20-10-3-11-21-18/h3-7,10-11,16H,2,8-9,12-14H2,1H3,(H,20,21,24)(H2,22,23,28). The fraction of sp³-hybridized carbons (Fsp3) is 0.421. The molecule has 10 heteroatoms. The minimum absolute atomic E-state index is 0.0325. The van der Waals surface area contributed by atoms with Crippen molar-refractivity contribution in [3.8, 4) is 0 Å². The van der Waals surface area contributed by atoms with Crippen LogP contribution in [-0.4, -0.2) is 54.1 Å². The molecular formula is C19H26N6O2S2. The van der Waals surface area contributed by atoms with Crippen LogP contribution >= 0.6 is 12.2 Å². The number of thiocarbonyl (C=S) groups is 1. The summed E-state index contributed by atoms with van der Waals surface area (Å²) >= 11 is 5.41. The summed E-state index contributed by atoms with van der Waals surface area (Å²) in [6.45, 7) is 5.51. The van der Waals surface area contributed by atoms with Crippen LogP contribution in [-0.2, 0) is 10.0 Å². The smallest absolute Gasteiger partial charge is 0.264 e. The van der Waals surface area contributed by atoms with Crippen molar-refractivity contribution >= 4 is 39.0 Å². The van der Waals surface area contributed by atoms with Crippen molar-refractivity contribution in [2.45, 2.75) is 37.1 Å². The van der Waals surface area contributed by atoms with Crippen molar-refractivity contribution in [2.24, 2.45) is 0 Å². The summed E-state index contributed by atoms with van der Waals surface area (Å²) in [5, 5.41) is 7.02. The van der Waals surface area contributed by atoms with Crippen LogP contribution in [0.4, 0.5) is 11.6 Å². The first-order valence-electron chi connectivity index (χ1n) is 9.66. The summed E-state index contributed by atoms with van der Waals surface area (Å²) in [5.41, 5.74) is 0.723. The minimum Gasteiger partial charge on any atom is -0.360 e. The van der Waals surface area contributed by atoms with Crippen LogP contribution in [0.1, 0.15) is 26.2 Å². The first kappa shape index (κ1) is 21.4. The van der Waals surface area contributed by atoms with Crippen LogP contribution in [0.5, 0.6) is 0 Å². The molecule has 2 heterocycles. The molecule has 1 saturated heterocycles. The maximum atomic E-state index is 12.4. The van der Waals surface area contributed by atoms with Gasteiger partial charge in [0, 0.05) is 37.2 Å². The lowest BCUT2D eigenvalue weighted by Gasteiger charge is -2.32. The van der Waals surface area contributed by atoms with E-state index in [0.29, 0.717) is 11.2 Å². The fourth-order valence-electron chi connectivity index (χ4n) is 3.22. The zero-order valence-electron chi connectivity index (χ0n) is 16.3. The number of sulfonamides is 1. The second-order valence-corrected chi connectivity index (χ2v) is 9.01. The van der Waals surface area contributed by atoms with Crippen LogP contribution in [0.3, 0.4) is 0 Å². The first-order chi connectivity index (χ1) is 14.0. The van der Waals surface area contributed by atoms with Crippen LogP contribution < -0.4 is 15.4 Å². The van der Waals surface area contributed by atoms with Gasteiger partial charge in [-0.2, -0.15) is 0 Å². The van der Waals surface area contributed by atoms with E-state index < -0.39 is 10.0 Å². The van der Waals surface area contributed by atoms with E-state index in [1.54, 1.807) is 18.2 Å². The van der Waals surface area contributed by atoms with Crippen LogP contribution in [0.15, 0.2) is 47.6 Å². The van der Waals surface area contributed by atoms with Gasteiger partial charge in [0.1, 0.15) is 0 Å². The summed E-state index contributed by atoms with van der Waals surface area (Å²) in [6, 6.07) is 8.36. The molecule has 0 saturated carbocycles. The zero-order chi connectivity index (χ0) is 20.7. The van der Waals surface area contributed by atoms with Crippen LogP contribution in [0.2, 0.25) is 0 Å². The van der Waals surface area contributed by atoms with Gasteiger partial charge in [-0.05, 0) is 68.4 Å². The van der Waals surface area contributed by atoms with Gasteiger partial charge in [0.25, 0.3) is 10.0 Å². The van der Waals surface area contributed by atoms with E-state index in [1.807, 2.05) is 0 Å². The second-order valence-electron chi connectivity index (χ2n) is 6.92. The molecule has 29 heavy (non-hydrogen) atoms. The van der Waals surface area contributed by atoms with E-state index in [1.165, 1.54) is 30.9 Å². The van der Waals surface area contributed by atoms with Crippen LogP contribution in [0, 0.1) is 0 Å². The lowest BCUT2D eigenvalue weighted by atomic mass is 10.1. The van der Waals surface area contributed by atoms with E-state index in [9.17, 15) is 8.42 Å². The third-order valence-electron chi connectivity index (χ3n) is 4.68. The molecule has 0 unspecified atom stereocenters. The number of benzene rings is 1. The van der Waals surface area contributed by atoms with Gasteiger partial charge in [-0.3, -0.25) is 0 Å². The molecule has 0 amide bonds. The van der Waals surface area contributed by atoms with Gasteiger partial charge in [-0.15, -0.1) is 0 Å². The molecule has 3 N–H and O–H groups in total. The number of likely N-dealkylation sites (tertiary alicyclic amines) is 1. The normalized spacial score (nSPS) is 15.6. The maximum Gasteiger partial charge on any atom is 0.264 e. The number of hydrogen-bond acceptors (Lipinski definition) is 6. The topological polar surface area (TPSA) is 99.2 Å². The number of rotatable bonds is 7. The first-order valence-corrected chi connectivity index (χ1v) is 11.5. The van der Waals surface area contributed by atoms with Gasteiger partial charge < -0.3 is 15.5 Å². The van der Waals surface area contributed by atoms with Crippen molar-refractivity contribution in [3.63, 3.8) is 0 Å². The van der Waals surface area contributed by atoms with Gasteiger partial charge in [0.05, 0.1) is 4.90 Å². The van der Waals surface area contributed by atoms with E-state index in [2.05, 4.69) is 37.1 Å². The third kappa shape index (κ3) is 6.34. The average molecular weight is 435 g/mol. The molecule has 1 aromatic heterocycles. The highest BCUT2D eigenvalue weighted by Crippen LogP contribution is 2.17. The van der Waals surface area contributed by atoms with Crippen molar-refractivity contribution in [3.05, 3.63) is 42.7 Å². The Morgan fingerprint density at radius 1 is 1.17 bits per heavy atom. The summed E-state index contributed by atoms with van der Waals surface area (Å²) in [6.07, 6.45) is 6.25. The van der Waals surface area contributed by atoms with E-state index in [-0.39, 0.29) is 10.8 Å². The van der Waals surface area contributed by atoms with Gasteiger partial charge in [-0.25, -0.2) is 23.1 Å². The molecule has 1 aliphatic heterocycles. The SMILES string of the molecule is CCCN1CCC(NC(=S)Nc2ccc(S(=O)(=O)Nc3ncccn3)cc2)CC1. The number of piperidine rings is 1. The molecule has 156 valence electrons. The molecular weight excluding hydrogens is 408 g/mol. The van der Waals surface area contributed by atoms with Gasteiger partial charge >= 0.3 is 0 Å². The molecule has 8 nitrogen and oxygen atoms in total. The van der Waals surface area contributed by atoms with Crippen molar-refractivity contribution in [1.82, 2.24) is 20.2 Å². The molecule has 1 aliphatic rings. The molecule has 0 spiro atoms. The molecule has 0 atom stereocenters. The fourth-order valence-corrected chi connectivity index (χ4v) is 4.46. The van der Waals surface area contributed by atoms with Crippen molar-refractivity contribution < 1.29 is 8.42 Å². The summed E-state index contributed by atoms with van der Waals surface area (Å²) < 4.78 is 27.2. The van der Waals surface area contributed by atoms with Gasteiger partial charge in [0.15, 0.2) is 5.11 Å². The Hall–Kier alpha value is -2.30. The molecule has 0 bridgehead atoms. The Morgan fingerprint density at radius 2 is 1.83 bits per heavy atom. The molecule has 2 aromatic rings. The maximum absolute atomic E-state index is 12.4. The predicted octanol–water partition coefficient (Wildman–Crippen LogP) is 2.44. The number of nitrogens with zero attached hydrogens (tertiary/aromatic N) is 3. The molecule has 3 rings (SSSR count).